The Bertz CT molecular complexity index is 268. The molecule has 2 fully saturated rings. The van der Waals surface area contributed by atoms with Gasteiger partial charge < -0.3 is 15.3 Å². The van der Waals surface area contributed by atoms with Gasteiger partial charge in [0.1, 0.15) is 0 Å². The van der Waals surface area contributed by atoms with Gasteiger partial charge in [-0.05, 0) is 38.1 Å². The van der Waals surface area contributed by atoms with Crippen molar-refractivity contribution in [2.45, 2.75) is 64.0 Å². The maximum Gasteiger partial charge on any atom is 0.0774 e. The monoisotopic (exact) mass is 254 g/mol. The minimum absolute atomic E-state index is 0.284. The third-order valence-corrected chi connectivity index (χ3v) is 4.24. The summed E-state index contributed by atoms with van der Waals surface area (Å²) in [7, 11) is 2.15. The molecule has 0 spiro atoms. The van der Waals surface area contributed by atoms with Crippen LogP contribution >= 0.6 is 0 Å². The predicted molar refractivity (Wildman–Crippen MR) is 75.7 cm³/mol. The van der Waals surface area contributed by atoms with Gasteiger partial charge in [-0.1, -0.05) is 26.7 Å². The van der Waals surface area contributed by atoms with E-state index in [0.717, 1.165) is 38.5 Å². The highest BCUT2D eigenvalue weighted by molar-refractivity contribution is 4.89. The normalized spacial score (nSPS) is 23.8. The van der Waals surface area contributed by atoms with Crippen LogP contribution < -0.4 is 5.32 Å². The van der Waals surface area contributed by atoms with Crippen LogP contribution in [0.5, 0.6) is 0 Å². The zero-order valence-corrected chi connectivity index (χ0v) is 12.3. The van der Waals surface area contributed by atoms with Crippen LogP contribution in [0.25, 0.3) is 0 Å². The molecule has 0 heterocycles. The summed E-state index contributed by atoms with van der Waals surface area (Å²) in [5.41, 5.74) is -0.124. The standard InChI is InChI=1S/C15H30N2O/c1-14(2,10-16-13-6-7-13)11-17(3)12-15(18)8-4-5-9-15/h13,16,18H,4-12H2,1-3H3. The van der Waals surface area contributed by atoms with Gasteiger partial charge >= 0.3 is 0 Å². The molecule has 3 nitrogen and oxygen atoms in total. The van der Waals surface area contributed by atoms with Crippen LogP contribution in [0.1, 0.15) is 52.4 Å². The van der Waals surface area contributed by atoms with Gasteiger partial charge in [0.15, 0.2) is 0 Å². The Morgan fingerprint density at radius 2 is 1.89 bits per heavy atom. The number of hydrogen-bond donors (Lipinski definition) is 2. The molecule has 0 saturated heterocycles. The molecule has 2 saturated carbocycles. The summed E-state index contributed by atoms with van der Waals surface area (Å²) in [5, 5.41) is 14.0. The molecule has 0 aliphatic heterocycles. The molecule has 0 aromatic rings. The average Bonchev–Trinajstić information content (AvgIpc) is 2.98. The summed E-state index contributed by atoms with van der Waals surface area (Å²) in [6.07, 6.45) is 7.06. The van der Waals surface area contributed by atoms with E-state index in [-0.39, 0.29) is 5.41 Å². The van der Waals surface area contributed by atoms with Gasteiger partial charge in [0, 0.05) is 25.7 Å². The molecule has 0 atom stereocenters. The molecule has 2 aliphatic rings. The van der Waals surface area contributed by atoms with Gasteiger partial charge in [0.2, 0.25) is 0 Å². The van der Waals surface area contributed by atoms with Crippen LogP contribution in [-0.4, -0.2) is 48.3 Å². The third kappa shape index (κ3) is 4.52. The molecule has 3 heteroatoms. The number of nitrogens with one attached hydrogen (secondary N) is 1. The fourth-order valence-electron chi connectivity index (χ4n) is 3.24. The maximum absolute atomic E-state index is 10.4. The van der Waals surface area contributed by atoms with E-state index in [1.165, 1.54) is 25.7 Å². The molecule has 106 valence electrons. The van der Waals surface area contributed by atoms with Crippen molar-refractivity contribution >= 4 is 0 Å². The second kappa shape index (κ2) is 5.48. The second-order valence-electron chi connectivity index (χ2n) is 7.42. The summed E-state index contributed by atoms with van der Waals surface area (Å²) in [6.45, 7) is 7.60. The van der Waals surface area contributed by atoms with Gasteiger partial charge in [0.05, 0.1) is 5.60 Å². The predicted octanol–water partition coefficient (Wildman–Crippen LogP) is 2.00. The summed E-state index contributed by atoms with van der Waals surface area (Å²) in [6, 6.07) is 0.786. The summed E-state index contributed by atoms with van der Waals surface area (Å²) < 4.78 is 0. The van der Waals surface area contributed by atoms with E-state index in [1.807, 2.05) is 0 Å². The molecule has 18 heavy (non-hydrogen) atoms. The fraction of sp³-hybridized carbons (Fsp3) is 1.00. The Balaban J connectivity index is 1.72. The van der Waals surface area contributed by atoms with Crippen molar-refractivity contribution in [1.29, 1.82) is 0 Å². The first-order valence-electron chi connectivity index (χ1n) is 7.53. The van der Waals surface area contributed by atoms with Crippen LogP contribution in [0, 0.1) is 5.41 Å². The zero-order chi connectivity index (χ0) is 13.2. The third-order valence-electron chi connectivity index (χ3n) is 4.24. The quantitative estimate of drug-likeness (QED) is 0.729. The lowest BCUT2D eigenvalue weighted by molar-refractivity contribution is 0.00818. The summed E-state index contributed by atoms with van der Waals surface area (Å²) >= 11 is 0. The minimum Gasteiger partial charge on any atom is -0.389 e. The number of nitrogens with zero attached hydrogens (tertiary/aromatic N) is 1. The number of rotatable bonds is 7. The van der Waals surface area contributed by atoms with Crippen molar-refractivity contribution in [3.05, 3.63) is 0 Å². The Hall–Kier alpha value is -0.120. The van der Waals surface area contributed by atoms with Crippen molar-refractivity contribution in [2.75, 3.05) is 26.7 Å². The lowest BCUT2D eigenvalue weighted by Gasteiger charge is -2.34. The highest BCUT2D eigenvalue weighted by Gasteiger charge is 2.33. The Morgan fingerprint density at radius 3 is 2.44 bits per heavy atom. The minimum atomic E-state index is -0.408. The van der Waals surface area contributed by atoms with E-state index < -0.39 is 5.60 Å². The van der Waals surface area contributed by atoms with Crippen LogP contribution in [0.4, 0.5) is 0 Å². The first kappa shape index (κ1) is 14.3. The smallest absolute Gasteiger partial charge is 0.0774 e. The largest absolute Gasteiger partial charge is 0.389 e. The SMILES string of the molecule is CN(CC(C)(C)CNC1CC1)CC1(O)CCCC1. The van der Waals surface area contributed by atoms with Crippen molar-refractivity contribution in [3.63, 3.8) is 0 Å². The van der Waals surface area contributed by atoms with Gasteiger partial charge in [-0.2, -0.15) is 0 Å². The number of hydrogen-bond acceptors (Lipinski definition) is 3. The van der Waals surface area contributed by atoms with Crippen molar-refractivity contribution in [2.24, 2.45) is 5.41 Å². The molecule has 0 aromatic carbocycles. The van der Waals surface area contributed by atoms with E-state index in [9.17, 15) is 5.11 Å². The van der Waals surface area contributed by atoms with Gasteiger partial charge in [-0.25, -0.2) is 0 Å². The number of aliphatic hydroxyl groups is 1. The Labute approximate surface area is 112 Å². The summed E-state index contributed by atoms with van der Waals surface area (Å²) in [5.74, 6) is 0. The Morgan fingerprint density at radius 1 is 1.28 bits per heavy atom. The Kier molecular flexibility index (Phi) is 4.35. The molecule has 0 bridgehead atoms. The maximum atomic E-state index is 10.4. The lowest BCUT2D eigenvalue weighted by atomic mass is 9.91. The topological polar surface area (TPSA) is 35.5 Å². The first-order chi connectivity index (χ1) is 8.39. The molecule has 2 aliphatic carbocycles. The molecule has 0 unspecified atom stereocenters. The van der Waals surface area contributed by atoms with Crippen molar-refractivity contribution < 1.29 is 5.11 Å². The van der Waals surface area contributed by atoms with Crippen LogP contribution in [0.2, 0.25) is 0 Å². The highest BCUT2D eigenvalue weighted by Crippen LogP contribution is 2.30. The fourth-order valence-corrected chi connectivity index (χ4v) is 3.24. The highest BCUT2D eigenvalue weighted by atomic mass is 16.3. The molecule has 2 rings (SSSR count). The van der Waals surface area contributed by atoms with E-state index >= 15 is 0 Å². The second-order valence-corrected chi connectivity index (χ2v) is 7.42. The van der Waals surface area contributed by atoms with Crippen molar-refractivity contribution in [3.8, 4) is 0 Å². The first-order valence-corrected chi connectivity index (χ1v) is 7.53. The lowest BCUT2D eigenvalue weighted by Crippen LogP contribution is -2.45. The van der Waals surface area contributed by atoms with E-state index in [4.69, 9.17) is 0 Å². The van der Waals surface area contributed by atoms with Gasteiger partial charge in [-0.15, -0.1) is 0 Å². The molecule has 2 N–H and O–H groups in total. The zero-order valence-electron chi connectivity index (χ0n) is 12.3. The molecule has 0 aromatic heterocycles. The van der Waals surface area contributed by atoms with E-state index in [0.29, 0.717) is 0 Å². The summed E-state index contributed by atoms with van der Waals surface area (Å²) in [4.78, 5) is 2.32. The number of likely N-dealkylation sites (N-methyl/N-ethyl adjacent to an activating group) is 1. The van der Waals surface area contributed by atoms with E-state index in [2.05, 4.69) is 31.1 Å². The molecule has 0 radical (unpaired) electrons. The van der Waals surface area contributed by atoms with Crippen molar-refractivity contribution in [1.82, 2.24) is 10.2 Å². The van der Waals surface area contributed by atoms with Crippen LogP contribution in [-0.2, 0) is 0 Å². The average molecular weight is 254 g/mol. The molecule has 0 amide bonds. The molecular weight excluding hydrogens is 224 g/mol. The van der Waals surface area contributed by atoms with Crippen LogP contribution in [0.15, 0.2) is 0 Å². The van der Waals surface area contributed by atoms with Gasteiger partial charge in [0.25, 0.3) is 0 Å². The van der Waals surface area contributed by atoms with E-state index in [1.54, 1.807) is 0 Å². The molecular formula is C15H30N2O. The van der Waals surface area contributed by atoms with Gasteiger partial charge in [-0.3, -0.25) is 0 Å². The van der Waals surface area contributed by atoms with Crippen LogP contribution in [0.3, 0.4) is 0 Å².